The Morgan fingerprint density at radius 2 is 1.49 bits per heavy atom. The molecule has 41 heavy (non-hydrogen) atoms. The van der Waals surface area contributed by atoms with Gasteiger partial charge in [0.25, 0.3) is 0 Å². The van der Waals surface area contributed by atoms with Crippen LogP contribution in [0.15, 0.2) is 54.6 Å². The number of nitrogens with zero attached hydrogens (tertiary/aromatic N) is 1. The van der Waals surface area contributed by atoms with Crippen molar-refractivity contribution < 1.29 is 28.7 Å². The van der Waals surface area contributed by atoms with Crippen LogP contribution in [0.5, 0.6) is 0 Å². The molecule has 0 aliphatic carbocycles. The fourth-order valence-electron chi connectivity index (χ4n) is 3.81. The smallest absolute Gasteiger partial charge is 0.409 e. The Bertz CT molecular complexity index is 1150. The van der Waals surface area contributed by atoms with Crippen LogP contribution < -0.4 is 5.32 Å². The van der Waals surface area contributed by atoms with E-state index in [0.717, 1.165) is 17.5 Å². The maximum Gasteiger partial charge on any atom is 0.409 e. The van der Waals surface area contributed by atoms with E-state index in [1.165, 1.54) is 4.90 Å². The molecule has 1 atom stereocenters. The molecule has 0 aliphatic rings. The SMILES string of the molecule is CN(CCOC(=O)C(C)(C)C)C(=O)OCc1ccc(NC(=O)[C@@H](CC(=O)CCC(C)(C)C)Cc2ccccc2)cc1. The monoisotopic (exact) mass is 566 g/mol. The number of benzene rings is 2. The predicted molar refractivity (Wildman–Crippen MR) is 160 cm³/mol. The summed E-state index contributed by atoms with van der Waals surface area (Å²) in [5, 5.41) is 2.94. The summed E-state index contributed by atoms with van der Waals surface area (Å²) in [5.74, 6) is -0.926. The Morgan fingerprint density at radius 1 is 0.854 bits per heavy atom. The third-order valence-electron chi connectivity index (χ3n) is 6.49. The highest BCUT2D eigenvalue weighted by atomic mass is 16.6. The molecule has 0 aromatic heterocycles. The Labute approximate surface area is 244 Å². The molecule has 0 aliphatic heterocycles. The summed E-state index contributed by atoms with van der Waals surface area (Å²) in [7, 11) is 1.58. The number of likely N-dealkylation sites (N-methyl/N-ethyl adjacent to an activating group) is 1. The van der Waals surface area contributed by atoms with E-state index < -0.39 is 17.4 Å². The highest BCUT2D eigenvalue weighted by Crippen LogP contribution is 2.23. The van der Waals surface area contributed by atoms with Gasteiger partial charge in [0.2, 0.25) is 5.91 Å². The molecule has 2 amide bonds. The van der Waals surface area contributed by atoms with Crippen molar-refractivity contribution in [1.29, 1.82) is 0 Å². The predicted octanol–water partition coefficient (Wildman–Crippen LogP) is 6.43. The highest BCUT2D eigenvalue weighted by Gasteiger charge is 2.24. The summed E-state index contributed by atoms with van der Waals surface area (Å²) in [6, 6.07) is 16.7. The Morgan fingerprint density at radius 3 is 2.07 bits per heavy atom. The van der Waals surface area contributed by atoms with E-state index in [1.54, 1.807) is 52.1 Å². The first-order valence-electron chi connectivity index (χ1n) is 14.1. The lowest BCUT2D eigenvalue weighted by atomic mass is 9.86. The number of esters is 1. The number of rotatable bonds is 13. The second-order valence-electron chi connectivity index (χ2n) is 12.7. The van der Waals surface area contributed by atoms with Crippen molar-refractivity contribution >= 4 is 29.4 Å². The molecule has 2 rings (SSSR count). The van der Waals surface area contributed by atoms with Gasteiger partial charge in [-0.3, -0.25) is 14.4 Å². The Hall–Kier alpha value is -3.68. The minimum atomic E-state index is -0.600. The van der Waals surface area contributed by atoms with Crippen LogP contribution in [0.25, 0.3) is 0 Å². The molecule has 8 heteroatoms. The standard InChI is InChI=1S/C33H46N2O6/c1-32(2,3)18-17-28(36)22-26(21-24-11-9-8-10-12-24)29(37)34-27-15-13-25(14-16-27)23-41-31(39)35(7)19-20-40-30(38)33(4,5)6/h8-16,26H,17-23H2,1-7H3,(H,34,37)/t26-/m1/s1. The number of nitrogens with one attached hydrogen (secondary N) is 1. The number of amides is 2. The minimum absolute atomic E-state index is 0.0537. The fourth-order valence-corrected chi connectivity index (χ4v) is 3.81. The molecule has 0 radical (unpaired) electrons. The molecule has 0 saturated heterocycles. The maximum atomic E-state index is 13.2. The van der Waals surface area contributed by atoms with Gasteiger partial charge in [-0.2, -0.15) is 0 Å². The summed E-state index contributed by atoms with van der Waals surface area (Å²) in [4.78, 5) is 51.5. The van der Waals surface area contributed by atoms with Crippen molar-refractivity contribution in [2.75, 3.05) is 25.5 Å². The Kier molecular flexibility index (Phi) is 12.6. The van der Waals surface area contributed by atoms with Crippen LogP contribution in [-0.4, -0.2) is 48.9 Å². The number of ether oxygens (including phenoxy) is 2. The van der Waals surface area contributed by atoms with Gasteiger partial charge in [0.05, 0.1) is 12.0 Å². The molecule has 2 aromatic rings. The van der Waals surface area contributed by atoms with Crippen molar-refractivity contribution in [2.45, 2.75) is 73.8 Å². The van der Waals surface area contributed by atoms with Crippen LogP contribution >= 0.6 is 0 Å². The van der Waals surface area contributed by atoms with Gasteiger partial charge in [-0.15, -0.1) is 0 Å². The van der Waals surface area contributed by atoms with Crippen LogP contribution in [0.4, 0.5) is 10.5 Å². The molecule has 0 fully saturated rings. The van der Waals surface area contributed by atoms with Gasteiger partial charge in [0, 0.05) is 31.5 Å². The third-order valence-corrected chi connectivity index (χ3v) is 6.49. The van der Waals surface area contributed by atoms with Crippen molar-refractivity contribution in [3.8, 4) is 0 Å². The van der Waals surface area contributed by atoms with Crippen molar-refractivity contribution in [2.24, 2.45) is 16.7 Å². The lowest BCUT2D eigenvalue weighted by Crippen LogP contribution is -2.32. The summed E-state index contributed by atoms with van der Waals surface area (Å²) >= 11 is 0. The zero-order chi connectivity index (χ0) is 30.6. The van der Waals surface area contributed by atoms with Crippen LogP contribution in [0.1, 0.15) is 71.9 Å². The number of ketones is 1. The molecule has 1 N–H and O–H groups in total. The second kappa shape index (κ2) is 15.4. The largest absolute Gasteiger partial charge is 0.463 e. The summed E-state index contributed by atoms with van der Waals surface area (Å²) in [6.07, 6.45) is 1.36. The molecule has 224 valence electrons. The van der Waals surface area contributed by atoms with Gasteiger partial charge in [-0.05, 0) is 62.3 Å². The van der Waals surface area contributed by atoms with Crippen molar-refractivity contribution in [3.63, 3.8) is 0 Å². The van der Waals surface area contributed by atoms with Gasteiger partial charge >= 0.3 is 12.1 Å². The molecule has 0 bridgehead atoms. The van der Waals surface area contributed by atoms with Crippen LogP contribution in [0.2, 0.25) is 0 Å². The number of carbonyl (C=O) groups is 4. The molecule has 2 aromatic carbocycles. The van der Waals surface area contributed by atoms with Gasteiger partial charge < -0.3 is 19.7 Å². The van der Waals surface area contributed by atoms with E-state index in [2.05, 4.69) is 26.1 Å². The molecule has 0 unspecified atom stereocenters. The van der Waals surface area contributed by atoms with Crippen molar-refractivity contribution in [1.82, 2.24) is 4.90 Å². The van der Waals surface area contributed by atoms with E-state index in [-0.39, 0.29) is 49.3 Å². The molecule has 0 saturated carbocycles. The van der Waals surface area contributed by atoms with Crippen LogP contribution in [-0.2, 0) is 36.9 Å². The van der Waals surface area contributed by atoms with Gasteiger partial charge in [-0.1, -0.05) is 63.2 Å². The maximum absolute atomic E-state index is 13.2. The third kappa shape index (κ3) is 13.0. The lowest BCUT2D eigenvalue weighted by Gasteiger charge is -2.20. The highest BCUT2D eigenvalue weighted by molar-refractivity contribution is 5.95. The van der Waals surface area contributed by atoms with Crippen LogP contribution in [0, 0.1) is 16.7 Å². The first-order valence-corrected chi connectivity index (χ1v) is 14.1. The fraction of sp³-hybridized carbons (Fsp3) is 0.515. The van der Waals surface area contributed by atoms with Gasteiger partial charge in [0.15, 0.2) is 0 Å². The number of hydrogen-bond donors (Lipinski definition) is 1. The first kappa shape index (κ1) is 33.5. The Balaban J connectivity index is 1.90. The molecular weight excluding hydrogens is 520 g/mol. The first-order chi connectivity index (χ1) is 19.1. The number of carbonyl (C=O) groups excluding carboxylic acids is 4. The minimum Gasteiger partial charge on any atom is -0.463 e. The van der Waals surface area contributed by atoms with Crippen molar-refractivity contribution in [3.05, 3.63) is 65.7 Å². The molecule has 8 nitrogen and oxygen atoms in total. The summed E-state index contributed by atoms with van der Waals surface area (Å²) in [5.41, 5.74) is 1.81. The average molecular weight is 567 g/mol. The van der Waals surface area contributed by atoms with E-state index in [4.69, 9.17) is 9.47 Å². The van der Waals surface area contributed by atoms with E-state index >= 15 is 0 Å². The summed E-state index contributed by atoms with van der Waals surface area (Å²) in [6.45, 7) is 12.0. The van der Waals surface area contributed by atoms with E-state index in [0.29, 0.717) is 18.5 Å². The lowest BCUT2D eigenvalue weighted by molar-refractivity contribution is -0.153. The quantitative estimate of drug-likeness (QED) is 0.281. The number of hydrogen-bond acceptors (Lipinski definition) is 6. The molecular formula is C33H46N2O6. The molecule has 0 spiro atoms. The van der Waals surface area contributed by atoms with E-state index in [9.17, 15) is 19.2 Å². The summed E-state index contributed by atoms with van der Waals surface area (Å²) < 4.78 is 10.5. The zero-order valence-corrected chi connectivity index (χ0v) is 25.6. The number of anilines is 1. The van der Waals surface area contributed by atoms with Crippen LogP contribution in [0.3, 0.4) is 0 Å². The topological polar surface area (TPSA) is 102 Å². The van der Waals surface area contributed by atoms with Gasteiger partial charge in [-0.25, -0.2) is 4.79 Å². The van der Waals surface area contributed by atoms with Gasteiger partial charge in [0.1, 0.15) is 19.0 Å². The second-order valence-corrected chi connectivity index (χ2v) is 12.7. The zero-order valence-electron chi connectivity index (χ0n) is 25.6. The number of Topliss-reactive ketones (excluding diaryl/α,β-unsaturated/α-hetero) is 1. The normalized spacial score (nSPS) is 12.3. The molecule has 0 heterocycles. The average Bonchev–Trinajstić information content (AvgIpc) is 2.90. The van der Waals surface area contributed by atoms with E-state index in [1.807, 2.05) is 30.3 Å².